The summed E-state index contributed by atoms with van der Waals surface area (Å²) in [4.78, 5) is 27.7. The Morgan fingerprint density at radius 3 is 2.76 bits per heavy atom. The highest BCUT2D eigenvalue weighted by atomic mass is 35.5. The molecule has 1 aromatic carbocycles. The summed E-state index contributed by atoms with van der Waals surface area (Å²) in [6, 6.07) is 0.416. The van der Waals surface area contributed by atoms with Gasteiger partial charge in [-0.1, -0.05) is 11.6 Å². The van der Waals surface area contributed by atoms with E-state index in [9.17, 15) is 14.7 Å². The van der Waals surface area contributed by atoms with Crippen LogP contribution in [0, 0.1) is 18.2 Å². The molecule has 5 rings (SSSR count). The molecule has 1 saturated heterocycles. The minimum atomic E-state index is -1.13. The van der Waals surface area contributed by atoms with Gasteiger partial charge in [-0.2, -0.15) is 0 Å². The van der Waals surface area contributed by atoms with Crippen LogP contribution in [0.15, 0.2) is 6.07 Å². The van der Waals surface area contributed by atoms with Gasteiger partial charge in [0.25, 0.3) is 0 Å². The first-order valence-corrected chi connectivity index (χ1v) is 11.3. The molecule has 1 aromatic heterocycles. The van der Waals surface area contributed by atoms with Crippen molar-refractivity contribution in [3.05, 3.63) is 39.7 Å². The molecule has 1 spiro atoms. The number of carbonyl (C=O) groups is 2. The number of halogens is 2. The summed E-state index contributed by atoms with van der Waals surface area (Å²) in [5.74, 6) is 0.455. The Morgan fingerprint density at radius 1 is 1.39 bits per heavy atom. The molecular formula is C22H25ClFN5O4. The van der Waals surface area contributed by atoms with Crippen LogP contribution in [0.3, 0.4) is 0 Å². The predicted octanol–water partition coefficient (Wildman–Crippen LogP) is 3.08. The third kappa shape index (κ3) is 3.80. The standard InChI is InChI=1S/C22H25ClFN5O4/c1-12-25-26-17(27(12)2)10-33-20-15(24)7-14(23)13-3-6-29(21(31)32)16(19(13)20)9-28-11-22(4-5-22)8-18(28)30/h7,16H,3-6,8-11H2,1-2H3,(H,31,32)/t16-/m1/s1. The van der Waals surface area contributed by atoms with E-state index < -0.39 is 18.0 Å². The van der Waals surface area contributed by atoms with Crippen molar-refractivity contribution in [2.75, 3.05) is 19.6 Å². The minimum absolute atomic E-state index is 0.00416. The molecule has 1 atom stereocenters. The minimum Gasteiger partial charge on any atom is -0.482 e. The number of rotatable bonds is 5. The van der Waals surface area contributed by atoms with Gasteiger partial charge in [0.15, 0.2) is 17.4 Å². The zero-order valence-electron chi connectivity index (χ0n) is 18.5. The number of amides is 2. The van der Waals surface area contributed by atoms with E-state index in [0.29, 0.717) is 42.2 Å². The van der Waals surface area contributed by atoms with E-state index in [4.69, 9.17) is 16.3 Å². The van der Waals surface area contributed by atoms with Crippen molar-refractivity contribution in [1.29, 1.82) is 0 Å². The SMILES string of the molecule is Cc1nnc(COc2c(F)cc(Cl)c3c2[C@@H](CN2CC4(CC4)CC2=O)N(C(=O)O)CC3)n1C. The Morgan fingerprint density at radius 2 is 2.15 bits per heavy atom. The van der Waals surface area contributed by atoms with Crippen molar-refractivity contribution in [2.24, 2.45) is 12.5 Å². The molecule has 1 aliphatic carbocycles. The third-order valence-electron chi connectivity index (χ3n) is 7.17. The lowest BCUT2D eigenvalue weighted by Gasteiger charge is -2.38. The maximum Gasteiger partial charge on any atom is 0.407 e. The number of likely N-dealkylation sites (tertiary alicyclic amines) is 1. The second-order valence-electron chi connectivity index (χ2n) is 9.27. The first-order chi connectivity index (χ1) is 15.7. The van der Waals surface area contributed by atoms with E-state index in [1.54, 1.807) is 23.4 Å². The van der Waals surface area contributed by atoms with Gasteiger partial charge in [-0.3, -0.25) is 9.69 Å². The van der Waals surface area contributed by atoms with Crippen LogP contribution in [0.5, 0.6) is 5.75 Å². The summed E-state index contributed by atoms with van der Waals surface area (Å²) < 4.78 is 22.8. The molecular weight excluding hydrogens is 453 g/mol. The van der Waals surface area contributed by atoms with Gasteiger partial charge in [0, 0.05) is 43.7 Å². The topological polar surface area (TPSA) is 101 Å². The number of hydrogen-bond acceptors (Lipinski definition) is 5. The van der Waals surface area contributed by atoms with Gasteiger partial charge in [-0.25, -0.2) is 9.18 Å². The van der Waals surface area contributed by atoms with Crippen LogP contribution in [0.25, 0.3) is 0 Å². The van der Waals surface area contributed by atoms with Crippen LogP contribution in [0.2, 0.25) is 5.02 Å². The highest BCUT2D eigenvalue weighted by molar-refractivity contribution is 6.31. The van der Waals surface area contributed by atoms with E-state index >= 15 is 4.39 Å². The largest absolute Gasteiger partial charge is 0.482 e. The summed E-state index contributed by atoms with van der Waals surface area (Å²) in [6.45, 7) is 2.69. The van der Waals surface area contributed by atoms with Crippen molar-refractivity contribution in [1.82, 2.24) is 24.6 Å². The zero-order valence-corrected chi connectivity index (χ0v) is 19.2. The number of hydrogen-bond donors (Lipinski definition) is 1. The predicted molar refractivity (Wildman–Crippen MR) is 116 cm³/mol. The lowest BCUT2D eigenvalue weighted by atomic mass is 9.91. The summed E-state index contributed by atoms with van der Waals surface area (Å²) in [7, 11) is 1.78. The van der Waals surface area contributed by atoms with Gasteiger partial charge in [-0.05, 0) is 43.2 Å². The molecule has 3 heterocycles. The first-order valence-electron chi connectivity index (χ1n) is 10.9. The summed E-state index contributed by atoms with van der Waals surface area (Å²) in [5, 5.41) is 18.2. The van der Waals surface area contributed by atoms with Crippen LogP contribution in [0.4, 0.5) is 9.18 Å². The van der Waals surface area contributed by atoms with Crippen LogP contribution >= 0.6 is 11.6 Å². The number of carboxylic acid groups (broad SMARTS) is 1. The Labute approximate surface area is 195 Å². The summed E-state index contributed by atoms with van der Waals surface area (Å²) >= 11 is 6.39. The van der Waals surface area contributed by atoms with Crippen molar-refractivity contribution >= 4 is 23.6 Å². The van der Waals surface area contributed by atoms with Gasteiger partial charge in [-0.15, -0.1) is 10.2 Å². The quantitative estimate of drug-likeness (QED) is 0.710. The van der Waals surface area contributed by atoms with Gasteiger partial charge >= 0.3 is 6.09 Å². The molecule has 3 aliphatic rings. The molecule has 9 nitrogen and oxygen atoms in total. The fourth-order valence-electron chi connectivity index (χ4n) is 4.96. The van der Waals surface area contributed by atoms with E-state index in [1.165, 1.54) is 11.0 Å². The maximum absolute atomic E-state index is 15.2. The highest BCUT2D eigenvalue weighted by Gasteiger charge is 2.52. The molecule has 0 unspecified atom stereocenters. The van der Waals surface area contributed by atoms with Crippen LogP contribution in [-0.4, -0.2) is 61.3 Å². The van der Waals surface area contributed by atoms with Crippen molar-refractivity contribution in [3.8, 4) is 5.75 Å². The van der Waals surface area contributed by atoms with Crippen molar-refractivity contribution < 1.29 is 23.8 Å². The molecule has 11 heteroatoms. The van der Waals surface area contributed by atoms with Crippen LogP contribution in [0.1, 0.15) is 48.1 Å². The lowest BCUT2D eigenvalue weighted by Crippen LogP contribution is -2.45. The van der Waals surface area contributed by atoms with Gasteiger partial charge in [0.1, 0.15) is 12.4 Å². The highest BCUT2D eigenvalue weighted by Crippen LogP contribution is 2.53. The molecule has 1 saturated carbocycles. The molecule has 0 radical (unpaired) electrons. The maximum atomic E-state index is 15.2. The second kappa shape index (κ2) is 7.86. The Hall–Kier alpha value is -2.88. The zero-order chi connectivity index (χ0) is 23.5. The fourth-order valence-corrected chi connectivity index (χ4v) is 5.25. The first kappa shape index (κ1) is 21.9. The number of carbonyl (C=O) groups excluding carboxylic acids is 1. The molecule has 0 bridgehead atoms. The molecule has 1 N–H and O–H groups in total. The number of nitrogens with zero attached hydrogens (tertiary/aromatic N) is 5. The Kier molecular flexibility index (Phi) is 5.23. The van der Waals surface area contributed by atoms with E-state index in [2.05, 4.69) is 10.2 Å². The third-order valence-corrected chi connectivity index (χ3v) is 7.51. The molecule has 2 fully saturated rings. The normalized spacial score (nSPS) is 21.0. The second-order valence-corrected chi connectivity index (χ2v) is 9.67. The van der Waals surface area contributed by atoms with Crippen molar-refractivity contribution in [3.63, 3.8) is 0 Å². The molecule has 2 aromatic rings. The Balaban J connectivity index is 1.52. The number of ether oxygens (including phenoxy) is 1. The molecule has 176 valence electrons. The fraction of sp³-hybridized carbons (Fsp3) is 0.545. The van der Waals surface area contributed by atoms with Gasteiger partial charge in [0.2, 0.25) is 5.91 Å². The average molecular weight is 478 g/mol. The van der Waals surface area contributed by atoms with E-state index in [0.717, 1.165) is 12.8 Å². The monoisotopic (exact) mass is 477 g/mol. The summed E-state index contributed by atoms with van der Waals surface area (Å²) in [5.41, 5.74) is 1.07. The number of aromatic nitrogens is 3. The van der Waals surface area contributed by atoms with E-state index in [1.807, 2.05) is 0 Å². The molecule has 2 amide bonds. The van der Waals surface area contributed by atoms with Crippen LogP contribution in [-0.2, 0) is 24.9 Å². The number of benzene rings is 1. The Bertz CT molecular complexity index is 1150. The van der Waals surface area contributed by atoms with E-state index in [-0.39, 0.29) is 41.8 Å². The smallest absolute Gasteiger partial charge is 0.407 e. The molecule has 33 heavy (non-hydrogen) atoms. The van der Waals surface area contributed by atoms with Gasteiger partial charge < -0.3 is 19.3 Å². The average Bonchev–Trinajstić information content (AvgIpc) is 3.34. The van der Waals surface area contributed by atoms with Crippen LogP contribution < -0.4 is 4.74 Å². The van der Waals surface area contributed by atoms with Crippen molar-refractivity contribution in [2.45, 2.75) is 45.3 Å². The number of fused-ring (bicyclic) bond motifs is 1. The number of aryl methyl sites for hydroxylation is 1. The lowest BCUT2D eigenvalue weighted by molar-refractivity contribution is -0.128. The summed E-state index contributed by atoms with van der Waals surface area (Å²) in [6.07, 6.45) is 1.69. The molecule has 2 aliphatic heterocycles. The van der Waals surface area contributed by atoms with Gasteiger partial charge in [0.05, 0.1) is 6.04 Å².